The van der Waals surface area contributed by atoms with E-state index in [1.54, 1.807) is 23.1 Å². The number of carbonyl (C=O) groups is 1. The molecule has 28 heavy (non-hydrogen) atoms. The highest BCUT2D eigenvalue weighted by atomic mass is 32.2. The Hall–Kier alpha value is -2.54. The van der Waals surface area contributed by atoms with E-state index in [0.29, 0.717) is 31.0 Å². The van der Waals surface area contributed by atoms with Gasteiger partial charge in [-0.25, -0.2) is 8.42 Å². The van der Waals surface area contributed by atoms with E-state index >= 15 is 0 Å². The maximum Gasteiger partial charge on any atom is 0.265 e. The van der Waals surface area contributed by atoms with E-state index in [4.69, 9.17) is 4.74 Å². The average molecular weight is 403 g/mol. The Bertz CT molecular complexity index is 986. The minimum Gasteiger partial charge on any atom is -0.492 e. The topological polar surface area (TPSA) is 75.7 Å². The second-order valence-electron chi connectivity index (χ2n) is 6.83. The van der Waals surface area contributed by atoms with Gasteiger partial charge in [-0.05, 0) is 68.1 Å². The van der Waals surface area contributed by atoms with Crippen molar-refractivity contribution in [2.24, 2.45) is 0 Å². The number of nitrogens with one attached hydrogen (secondary N) is 1. The molecule has 0 saturated heterocycles. The first-order valence-corrected chi connectivity index (χ1v) is 11.0. The second-order valence-corrected chi connectivity index (χ2v) is 8.49. The number of ether oxygens (including phenoxy) is 1. The van der Waals surface area contributed by atoms with Gasteiger partial charge >= 0.3 is 0 Å². The lowest BCUT2D eigenvalue weighted by Gasteiger charge is -2.29. The number of nitrogens with zero attached hydrogens (tertiary/aromatic N) is 1. The molecule has 1 amide bonds. The first-order chi connectivity index (χ1) is 13.4. The first kappa shape index (κ1) is 20.2. The molecule has 3 rings (SSSR count). The summed E-state index contributed by atoms with van der Waals surface area (Å²) in [5.74, 6) is 0.411. The van der Waals surface area contributed by atoms with E-state index in [9.17, 15) is 13.2 Å². The molecule has 1 N–H and O–H groups in total. The number of hydrogen-bond acceptors (Lipinski definition) is 4. The van der Waals surface area contributed by atoms with Crippen LogP contribution in [0.2, 0.25) is 0 Å². The fourth-order valence-electron chi connectivity index (χ4n) is 3.42. The lowest BCUT2D eigenvalue weighted by atomic mass is 10.0. The van der Waals surface area contributed by atoms with Gasteiger partial charge in [0.05, 0.1) is 6.61 Å². The standard InChI is InChI=1S/C21H26N2O4S/c1-4-21(24)23-12-6-7-16-14-17(9-10-18(16)23)22-28(25,26)20-13-15(3)8-11-19(20)27-5-2/h8-11,13-14,22H,4-7,12H2,1-3H3. The summed E-state index contributed by atoms with van der Waals surface area (Å²) in [5, 5.41) is 0. The highest BCUT2D eigenvalue weighted by molar-refractivity contribution is 7.92. The Morgan fingerprint density at radius 3 is 2.68 bits per heavy atom. The van der Waals surface area contributed by atoms with Gasteiger partial charge in [-0.1, -0.05) is 13.0 Å². The van der Waals surface area contributed by atoms with Crippen molar-refractivity contribution in [3.8, 4) is 5.75 Å². The predicted octanol–water partition coefficient (Wildman–Crippen LogP) is 3.88. The average Bonchev–Trinajstić information content (AvgIpc) is 2.68. The largest absolute Gasteiger partial charge is 0.492 e. The van der Waals surface area contributed by atoms with Crippen molar-refractivity contribution in [1.82, 2.24) is 0 Å². The van der Waals surface area contributed by atoms with E-state index in [2.05, 4.69) is 4.72 Å². The van der Waals surface area contributed by atoms with Crippen LogP contribution in [0.1, 0.15) is 37.8 Å². The lowest BCUT2D eigenvalue weighted by molar-refractivity contribution is -0.118. The smallest absolute Gasteiger partial charge is 0.265 e. The van der Waals surface area contributed by atoms with Crippen LogP contribution >= 0.6 is 0 Å². The van der Waals surface area contributed by atoms with Crippen LogP contribution in [-0.2, 0) is 21.2 Å². The highest BCUT2D eigenvalue weighted by Crippen LogP contribution is 2.32. The summed E-state index contributed by atoms with van der Waals surface area (Å²) in [7, 11) is -3.81. The molecule has 2 aromatic carbocycles. The van der Waals surface area contributed by atoms with Gasteiger partial charge in [-0.2, -0.15) is 0 Å². The lowest BCUT2D eigenvalue weighted by Crippen LogP contribution is -2.34. The van der Waals surface area contributed by atoms with Gasteiger partial charge in [0.15, 0.2) is 0 Å². The Morgan fingerprint density at radius 2 is 1.96 bits per heavy atom. The Labute approximate surface area is 166 Å². The number of aryl methyl sites for hydroxylation is 2. The molecule has 6 nitrogen and oxygen atoms in total. The summed E-state index contributed by atoms with van der Waals surface area (Å²) < 4.78 is 34.1. The van der Waals surface area contributed by atoms with Gasteiger partial charge in [0, 0.05) is 24.3 Å². The van der Waals surface area contributed by atoms with E-state index < -0.39 is 10.0 Å². The summed E-state index contributed by atoms with van der Waals surface area (Å²) in [5.41, 5.74) is 3.16. The Balaban J connectivity index is 1.92. The zero-order valence-corrected chi connectivity index (χ0v) is 17.3. The van der Waals surface area contributed by atoms with E-state index in [1.165, 1.54) is 0 Å². The summed E-state index contributed by atoms with van der Waals surface area (Å²) in [6, 6.07) is 10.4. The Morgan fingerprint density at radius 1 is 1.18 bits per heavy atom. The monoisotopic (exact) mass is 402 g/mol. The highest BCUT2D eigenvalue weighted by Gasteiger charge is 2.24. The molecular formula is C21H26N2O4S. The van der Waals surface area contributed by atoms with Gasteiger partial charge in [-0.3, -0.25) is 9.52 Å². The summed E-state index contributed by atoms with van der Waals surface area (Å²) in [6.45, 7) is 6.58. The van der Waals surface area contributed by atoms with Gasteiger partial charge in [-0.15, -0.1) is 0 Å². The van der Waals surface area contributed by atoms with Crippen molar-refractivity contribution in [2.75, 3.05) is 22.8 Å². The maximum atomic E-state index is 13.0. The minimum atomic E-state index is -3.81. The number of anilines is 2. The molecule has 0 bridgehead atoms. The molecule has 0 unspecified atom stereocenters. The second kappa shape index (κ2) is 8.22. The van der Waals surface area contributed by atoms with Gasteiger partial charge < -0.3 is 9.64 Å². The van der Waals surface area contributed by atoms with Crippen molar-refractivity contribution < 1.29 is 17.9 Å². The van der Waals surface area contributed by atoms with Crippen LogP contribution in [0, 0.1) is 6.92 Å². The molecule has 0 atom stereocenters. The fraction of sp³-hybridized carbons (Fsp3) is 0.381. The number of sulfonamides is 1. The van der Waals surface area contributed by atoms with Crippen LogP contribution in [0.15, 0.2) is 41.3 Å². The van der Waals surface area contributed by atoms with Gasteiger partial charge in [0.1, 0.15) is 10.6 Å². The number of fused-ring (bicyclic) bond motifs is 1. The number of carbonyl (C=O) groups excluding carboxylic acids is 1. The van der Waals surface area contributed by atoms with Gasteiger partial charge in [0.25, 0.3) is 10.0 Å². The first-order valence-electron chi connectivity index (χ1n) is 9.55. The maximum absolute atomic E-state index is 13.0. The van der Waals surface area contributed by atoms with Crippen molar-refractivity contribution >= 4 is 27.3 Å². The van der Waals surface area contributed by atoms with Crippen molar-refractivity contribution in [3.05, 3.63) is 47.5 Å². The van der Waals surface area contributed by atoms with Crippen LogP contribution < -0.4 is 14.4 Å². The van der Waals surface area contributed by atoms with Crippen LogP contribution in [-0.4, -0.2) is 27.5 Å². The molecule has 0 radical (unpaired) electrons. The molecule has 1 aliphatic heterocycles. The third-order valence-corrected chi connectivity index (χ3v) is 6.14. The normalized spacial score (nSPS) is 13.8. The molecule has 0 aliphatic carbocycles. The number of rotatable bonds is 6. The zero-order valence-electron chi connectivity index (χ0n) is 16.5. The molecular weight excluding hydrogens is 376 g/mol. The quantitative estimate of drug-likeness (QED) is 0.795. The molecule has 0 saturated carbocycles. The molecule has 0 spiro atoms. The molecule has 7 heteroatoms. The summed E-state index contributed by atoms with van der Waals surface area (Å²) >= 11 is 0. The molecule has 1 heterocycles. The fourth-order valence-corrected chi connectivity index (χ4v) is 4.70. The Kier molecular flexibility index (Phi) is 5.93. The van der Waals surface area contributed by atoms with Crippen LogP contribution in [0.3, 0.4) is 0 Å². The summed E-state index contributed by atoms with van der Waals surface area (Å²) in [4.78, 5) is 14.1. The van der Waals surface area contributed by atoms with Crippen molar-refractivity contribution in [1.29, 1.82) is 0 Å². The van der Waals surface area contributed by atoms with Gasteiger partial charge in [0.2, 0.25) is 5.91 Å². The van der Waals surface area contributed by atoms with Crippen molar-refractivity contribution in [2.45, 2.75) is 44.9 Å². The SMILES string of the molecule is CCOc1ccc(C)cc1S(=O)(=O)Nc1ccc2c(c1)CCCN2C(=O)CC. The van der Waals surface area contributed by atoms with E-state index in [1.807, 2.05) is 39.0 Å². The van der Waals surface area contributed by atoms with Crippen molar-refractivity contribution in [3.63, 3.8) is 0 Å². The zero-order chi connectivity index (χ0) is 20.3. The molecule has 150 valence electrons. The number of amides is 1. The molecule has 0 aromatic heterocycles. The third kappa shape index (κ3) is 4.14. The van der Waals surface area contributed by atoms with Crippen LogP contribution in [0.5, 0.6) is 5.75 Å². The molecule has 1 aliphatic rings. The van der Waals surface area contributed by atoms with E-state index in [0.717, 1.165) is 29.7 Å². The molecule has 2 aromatic rings. The van der Waals surface area contributed by atoms with E-state index in [-0.39, 0.29) is 10.8 Å². The summed E-state index contributed by atoms with van der Waals surface area (Å²) in [6.07, 6.45) is 2.12. The third-order valence-electron chi connectivity index (χ3n) is 4.74. The molecule has 0 fully saturated rings. The van der Waals surface area contributed by atoms with Crippen LogP contribution in [0.4, 0.5) is 11.4 Å². The van der Waals surface area contributed by atoms with Crippen LogP contribution in [0.25, 0.3) is 0 Å². The number of hydrogen-bond donors (Lipinski definition) is 1. The number of benzene rings is 2. The predicted molar refractivity (Wildman–Crippen MR) is 111 cm³/mol. The minimum absolute atomic E-state index is 0.0791.